The van der Waals surface area contributed by atoms with Gasteiger partial charge in [-0.2, -0.15) is 5.26 Å². The van der Waals surface area contributed by atoms with Crippen LogP contribution >= 0.6 is 11.6 Å². The molecule has 10 nitrogen and oxygen atoms in total. The van der Waals surface area contributed by atoms with Crippen molar-refractivity contribution in [2.75, 3.05) is 7.11 Å². The van der Waals surface area contributed by atoms with Crippen molar-refractivity contribution in [3.8, 4) is 23.1 Å². The number of urea groups is 1. The molecule has 0 unspecified atom stereocenters. The molecule has 0 bridgehead atoms. The van der Waals surface area contributed by atoms with Gasteiger partial charge in [0.15, 0.2) is 0 Å². The molecule has 0 aliphatic carbocycles. The Labute approximate surface area is 184 Å². The van der Waals surface area contributed by atoms with Gasteiger partial charge in [-0.1, -0.05) is 11.6 Å². The Kier molecular flexibility index (Phi) is 6.81. The largest absolute Gasteiger partial charge is 0.479 e. The molecule has 32 heavy (non-hydrogen) atoms. The molecule has 13 heteroatoms. The fourth-order valence-electron chi connectivity index (χ4n) is 2.50. The van der Waals surface area contributed by atoms with Crippen molar-refractivity contribution in [1.29, 1.82) is 5.26 Å². The topological polar surface area (TPSA) is 142 Å². The van der Waals surface area contributed by atoms with Gasteiger partial charge in [0.1, 0.15) is 17.7 Å². The summed E-state index contributed by atoms with van der Waals surface area (Å²) in [6.07, 6.45) is 1.21. The second-order valence-corrected chi connectivity index (χ2v) is 6.51. The normalized spacial score (nSPS) is 10.2. The number of benzene rings is 1. The predicted molar refractivity (Wildman–Crippen MR) is 105 cm³/mol. The summed E-state index contributed by atoms with van der Waals surface area (Å²) in [4.78, 5) is 27.5. The highest BCUT2D eigenvalue weighted by Gasteiger charge is 2.16. The van der Waals surface area contributed by atoms with Crippen LogP contribution in [0.1, 0.15) is 21.8 Å². The first kappa shape index (κ1) is 22.4. The van der Waals surface area contributed by atoms with E-state index in [-0.39, 0.29) is 45.6 Å². The zero-order valence-corrected chi connectivity index (χ0v) is 17.0. The molecule has 3 N–H and O–H groups in total. The van der Waals surface area contributed by atoms with Crippen LogP contribution in [0.3, 0.4) is 0 Å². The van der Waals surface area contributed by atoms with Gasteiger partial charge in [-0.3, -0.25) is 15.2 Å². The predicted octanol–water partition coefficient (Wildman–Crippen LogP) is 2.69. The first-order chi connectivity index (χ1) is 15.3. The molecule has 2 aromatic heterocycles. The van der Waals surface area contributed by atoms with Crippen LogP contribution in [-0.4, -0.2) is 29.2 Å². The molecule has 0 aliphatic rings. The second-order valence-electron chi connectivity index (χ2n) is 6.07. The molecule has 0 spiro atoms. The highest BCUT2D eigenvalue weighted by Crippen LogP contribution is 2.29. The van der Waals surface area contributed by atoms with Gasteiger partial charge >= 0.3 is 11.9 Å². The number of nitriles is 1. The van der Waals surface area contributed by atoms with Gasteiger partial charge in [0.2, 0.25) is 5.76 Å². The Morgan fingerprint density at radius 1 is 1.22 bits per heavy atom. The summed E-state index contributed by atoms with van der Waals surface area (Å²) < 4.78 is 37.8. The standard InChI is InChI=1S/C19H13ClF2N6O4/c1-31-17-5-16(32-28-17)18(29)26-27-19(30)25-8-15-14(22)2-9(7-24-15)11-3-10(20)4-13(21)12(11)6-23/h2-5,7H,8H2,1H3,(H,26,29)(H2,25,27,30). The molecule has 0 fully saturated rings. The van der Waals surface area contributed by atoms with E-state index in [1.54, 1.807) is 6.07 Å². The van der Waals surface area contributed by atoms with Crippen LogP contribution in [0.2, 0.25) is 5.02 Å². The van der Waals surface area contributed by atoms with E-state index in [9.17, 15) is 18.4 Å². The first-order valence-corrected chi connectivity index (χ1v) is 9.09. The number of amides is 3. The van der Waals surface area contributed by atoms with Gasteiger partial charge in [-0.05, 0) is 23.4 Å². The summed E-state index contributed by atoms with van der Waals surface area (Å²) in [7, 11) is 1.33. The number of nitrogens with one attached hydrogen (secondary N) is 3. The van der Waals surface area contributed by atoms with E-state index in [2.05, 4.69) is 20.9 Å². The van der Waals surface area contributed by atoms with Crippen molar-refractivity contribution in [3.63, 3.8) is 0 Å². The van der Waals surface area contributed by atoms with Crippen molar-refractivity contribution in [2.24, 2.45) is 0 Å². The van der Waals surface area contributed by atoms with Crippen LogP contribution < -0.4 is 20.9 Å². The van der Waals surface area contributed by atoms with Crippen molar-refractivity contribution < 1.29 is 27.6 Å². The van der Waals surface area contributed by atoms with Crippen molar-refractivity contribution in [1.82, 2.24) is 26.3 Å². The van der Waals surface area contributed by atoms with Gasteiger partial charge < -0.3 is 14.6 Å². The van der Waals surface area contributed by atoms with Gasteiger partial charge in [-0.25, -0.2) is 19.0 Å². The van der Waals surface area contributed by atoms with Gasteiger partial charge in [0, 0.05) is 22.3 Å². The van der Waals surface area contributed by atoms with E-state index < -0.39 is 23.6 Å². The number of hydrogen-bond acceptors (Lipinski definition) is 7. The number of methoxy groups -OCH3 is 1. The van der Waals surface area contributed by atoms with E-state index in [0.29, 0.717) is 0 Å². The summed E-state index contributed by atoms with van der Waals surface area (Å²) in [6, 6.07) is 5.37. The monoisotopic (exact) mass is 462 g/mol. The molecular formula is C19H13ClF2N6O4. The third kappa shape index (κ3) is 5.08. The lowest BCUT2D eigenvalue weighted by Gasteiger charge is -2.10. The van der Waals surface area contributed by atoms with Crippen LogP contribution in [0, 0.1) is 23.0 Å². The molecule has 3 aromatic rings. The smallest absolute Gasteiger partial charge is 0.333 e. The number of hydrogen-bond donors (Lipinski definition) is 3. The molecule has 2 heterocycles. The molecule has 1 aromatic carbocycles. The summed E-state index contributed by atoms with van der Waals surface area (Å²) in [5.74, 6) is -2.59. The number of pyridine rings is 1. The Bertz CT molecular complexity index is 1230. The number of hydrazine groups is 1. The first-order valence-electron chi connectivity index (χ1n) is 8.71. The zero-order valence-electron chi connectivity index (χ0n) is 16.2. The molecular weight excluding hydrogens is 450 g/mol. The van der Waals surface area contributed by atoms with Crippen molar-refractivity contribution >= 4 is 23.5 Å². The fraction of sp³-hybridized carbons (Fsp3) is 0.105. The maximum atomic E-state index is 14.4. The average molecular weight is 463 g/mol. The lowest BCUT2D eigenvalue weighted by molar-refractivity contribution is 0.0898. The lowest BCUT2D eigenvalue weighted by Crippen LogP contribution is -2.46. The SMILES string of the molecule is COc1cc(C(=O)NNC(=O)NCc2ncc(-c3cc(Cl)cc(F)c3C#N)cc2F)on1. The zero-order chi connectivity index (χ0) is 23.3. The molecule has 0 saturated heterocycles. The van der Waals surface area contributed by atoms with E-state index in [4.69, 9.17) is 26.1 Å². The molecule has 3 amide bonds. The summed E-state index contributed by atoms with van der Waals surface area (Å²) >= 11 is 5.82. The Balaban J connectivity index is 1.61. The molecule has 0 aliphatic heterocycles. The van der Waals surface area contributed by atoms with E-state index >= 15 is 0 Å². The number of halogens is 3. The fourth-order valence-corrected chi connectivity index (χ4v) is 2.71. The molecule has 3 rings (SSSR count). The summed E-state index contributed by atoms with van der Waals surface area (Å²) in [5.41, 5.74) is 3.86. The van der Waals surface area contributed by atoms with Crippen LogP contribution in [0.25, 0.3) is 11.1 Å². The second kappa shape index (κ2) is 9.71. The van der Waals surface area contributed by atoms with Crippen molar-refractivity contribution in [2.45, 2.75) is 6.54 Å². The molecule has 164 valence electrons. The van der Waals surface area contributed by atoms with Crippen LogP contribution in [0.5, 0.6) is 5.88 Å². The van der Waals surface area contributed by atoms with Crippen molar-refractivity contribution in [3.05, 3.63) is 64.1 Å². The number of nitrogens with zero attached hydrogens (tertiary/aromatic N) is 3. The Hall–Kier alpha value is -4.24. The molecule has 0 radical (unpaired) electrons. The highest BCUT2D eigenvalue weighted by atomic mass is 35.5. The number of aromatic nitrogens is 2. The number of ether oxygens (including phenoxy) is 1. The summed E-state index contributed by atoms with van der Waals surface area (Å²) in [6.45, 7) is -0.334. The van der Waals surface area contributed by atoms with E-state index in [0.717, 1.165) is 12.1 Å². The highest BCUT2D eigenvalue weighted by molar-refractivity contribution is 6.31. The third-order valence-electron chi connectivity index (χ3n) is 4.02. The Morgan fingerprint density at radius 2 is 2.00 bits per heavy atom. The number of rotatable bonds is 5. The van der Waals surface area contributed by atoms with Crippen LogP contribution in [0.4, 0.5) is 13.6 Å². The van der Waals surface area contributed by atoms with E-state index in [1.807, 2.05) is 5.43 Å². The lowest BCUT2D eigenvalue weighted by atomic mass is 10.0. The number of carbonyl (C=O) groups is 2. The van der Waals surface area contributed by atoms with Gasteiger partial charge in [-0.15, -0.1) is 0 Å². The van der Waals surface area contributed by atoms with Gasteiger partial charge in [0.05, 0.1) is 31.0 Å². The summed E-state index contributed by atoms with van der Waals surface area (Å²) in [5, 5.41) is 14.9. The maximum Gasteiger partial charge on any atom is 0.333 e. The van der Waals surface area contributed by atoms with Crippen LogP contribution in [0.15, 0.2) is 35.0 Å². The quantitative estimate of drug-likeness (QED) is 0.495. The minimum absolute atomic E-state index is 0.0325. The van der Waals surface area contributed by atoms with E-state index in [1.165, 1.54) is 25.4 Å². The Morgan fingerprint density at radius 3 is 2.66 bits per heavy atom. The minimum atomic E-state index is -0.862. The maximum absolute atomic E-state index is 14.4. The van der Waals surface area contributed by atoms with Gasteiger partial charge in [0.25, 0.3) is 5.88 Å². The van der Waals surface area contributed by atoms with Crippen LogP contribution in [-0.2, 0) is 6.54 Å². The average Bonchev–Trinajstić information content (AvgIpc) is 3.25. The molecule has 0 atom stereocenters. The molecule has 0 saturated carbocycles. The number of carbonyl (C=O) groups excluding carboxylic acids is 2. The third-order valence-corrected chi connectivity index (χ3v) is 4.24. The minimum Gasteiger partial charge on any atom is -0.479 e.